The highest BCUT2D eigenvalue weighted by molar-refractivity contribution is 7.99. The molecule has 3 rings (SSSR count). The van der Waals surface area contributed by atoms with Crippen molar-refractivity contribution in [2.45, 2.75) is 24.0 Å². The van der Waals surface area contributed by atoms with Gasteiger partial charge in [-0.05, 0) is 17.7 Å². The minimum absolute atomic E-state index is 0.0241. The molecule has 26 heavy (non-hydrogen) atoms. The lowest BCUT2D eigenvalue weighted by Gasteiger charge is -2.39. The van der Waals surface area contributed by atoms with E-state index in [2.05, 4.69) is 5.32 Å². The highest BCUT2D eigenvalue weighted by Gasteiger charge is 2.31. The Kier molecular flexibility index (Phi) is 6.55. The average molecular weight is 370 g/mol. The molecule has 2 aromatic rings. The molecule has 6 heteroatoms. The Morgan fingerprint density at radius 3 is 2.38 bits per heavy atom. The van der Waals surface area contributed by atoms with E-state index in [9.17, 15) is 9.59 Å². The van der Waals surface area contributed by atoms with E-state index in [-0.39, 0.29) is 18.6 Å². The quantitative estimate of drug-likeness (QED) is 0.760. The molecule has 0 aromatic heterocycles. The molecule has 0 bridgehead atoms. The third-order valence-electron chi connectivity index (χ3n) is 4.10. The van der Waals surface area contributed by atoms with Crippen LogP contribution >= 0.6 is 11.8 Å². The van der Waals surface area contributed by atoms with E-state index < -0.39 is 6.09 Å². The van der Waals surface area contributed by atoms with Gasteiger partial charge < -0.3 is 15.0 Å². The normalized spacial score (nSPS) is 13.8. The van der Waals surface area contributed by atoms with Crippen LogP contribution in [0.2, 0.25) is 0 Å². The Hall–Kier alpha value is -2.47. The van der Waals surface area contributed by atoms with Crippen LogP contribution in [-0.4, -0.2) is 41.8 Å². The molecule has 0 saturated carbocycles. The van der Waals surface area contributed by atoms with Gasteiger partial charge in [0, 0.05) is 30.2 Å². The van der Waals surface area contributed by atoms with Gasteiger partial charge >= 0.3 is 6.09 Å². The fourth-order valence-electron chi connectivity index (χ4n) is 2.64. The zero-order valence-electron chi connectivity index (χ0n) is 14.5. The fraction of sp³-hybridized carbons (Fsp3) is 0.300. The molecule has 2 amide bonds. The Morgan fingerprint density at radius 1 is 1.04 bits per heavy atom. The van der Waals surface area contributed by atoms with Crippen LogP contribution in [0.4, 0.5) is 4.79 Å². The summed E-state index contributed by atoms with van der Waals surface area (Å²) in [5.74, 6) is 0.889. The van der Waals surface area contributed by atoms with Crippen LogP contribution in [0.5, 0.6) is 0 Å². The maximum atomic E-state index is 12.1. The number of likely N-dealkylation sites (tertiary alicyclic amines) is 1. The second kappa shape index (κ2) is 9.29. The number of hydrogen-bond acceptors (Lipinski definition) is 4. The molecule has 5 nitrogen and oxygen atoms in total. The number of thioether (sulfide) groups is 1. The smallest absolute Gasteiger partial charge is 0.407 e. The Labute approximate surface area is 157 Å². The molecule has 0 radical (unpaired) electrons. The Balaban J connectivity index is 1.28. The number of alkyl carbamates (subject to hydrolysis) is 1. The first-order valence-corrected chi connectivity index (χ1v) is 9.62. The van der Waals surface area contributed by atoms with Crippen LogP contribution in [0.3, 0.4) is 0 Å². The topological polar surface area (TPSA) is 58.6 Å². The third-order valence-corrected chi connectivity index (χ3v) is 5.11. The number of hydrogen-bond donors (Lipinski definition) is 1. The molecule has 1 aliphatic rings. The molecular weight excluding hydrogens is 348 g/mol. The molecule has 0 unspecified atom stereocenters. The molecule has 1 fully saturated rings. The van der Waals surface area contributed by atoms with Crippen molar-refractivity contribution in [2.75, 3.05) is 18.8 Å². The number of nitrogens with one attached hydrogen (secondary N) is 1. The first kappa shape index (κ1) is 18.3. The van der Waals surface area contributed by atoms with Gasteiger partial charge in [-0.3, -0.25) is 4.79 Å². The second-order valence-corrected chi connectivity index (χ2v) is 7.28. The molecular formula is C20H22N2O3S. The molecule has 136 valence electrons. The summed E-state index contributed by atoms with van der Waals surface area (Å²) in [6.45, 7) is 1.35. The van der Waals surface area contributed by atoms with Crippen molar-refractivity contribution in [3.63, 3.8) is 0 Å². The van der Waals surface area contributed by atoms with Crippen LogP contribution in [0.15, 0.2) is 65.6 Å². The summed E-state index contributed by atoms with van der Waals surface area (Å²) in [4.78, 5) is 26.9. The van der Waals surface area contributed by atoms with Crippen LogP contribution in [0.25, 0.3) is 0 Å². The third kappa shape index (κ3) is 5.52. The first-order valence-electron chi connectivity index (χ1n) is 8.63. The van der Waals surface area contributed by atoms with Gasteiger partial charge in [0.1, 0.15) is 6.61 Å². The van der Waals surface area contributed by atoms with Crippen LogP contribution in [-0.2, 0) is 16.1 Å². The molecule has 1 aliphatic heterocycles. The van der Waals surface area contributed by atoms with Crippen molar-refractivity contribution in [1.29, 1.82) is 0 Å². The second-order valence-electron chi connectivity index (χ2n) is 6.11. The zero-order valence-corrected chi connectivity index (χ0v) is 15.3. The molecule has 1 N–H and O–H groups in total. The van der Waals surface area contributed by atoms with Gasteiger partial charge in [0.05, 0.1) is 6.04 Å². The average Bonchev–Trinajstić information content (AvgIpc) is 2.64. The van der Waals surface area contributed by atoms with Gasteiger partial charge in [0.25, 0.3) is 0 Å². The number of nitrogens with zero attached hydrogens (tertiary/aromatic N) is 1. The number of ether oxygens (including phenoxy) is 1. The van der Waals surface area contributed by atoms with Gasteiger partial charge in [0.15, 0.2) is 0 Å². The summed E-state index contributed by atoms with van der Waals surface area (Å²) in [6.07, 6.45) is 0.0654. The molecule has 1 heterocycles. The minimum Gasteiger partial charge on any atom is -0.445 e. The predicted octanol–water partition coefficient (Wildman–Crippen LogP) is 3.31. The van der Waals surface area contributed by atoms with E-state index >= 15 is 0 Å². The predicted molar refractivity (Wildman–Crippen MR) is 102 cm³/mol. The maximum absolute atomic E-state index is 12.1. The Bertz CT molecular complexity index is 718. The molecule has 1 saturated heterocycles. The Morgan fingerprint density at radius 2 is 1.69 bits per heavy atom. The molecule has 2 aromatic carbocycles. The van der Waals surface area contributed by atoms with E-state index in [1.54, 1.807) is 16.7 Å². The monoisotopic (exact) mass is 370 g/mol. The fourth-order valence-corrected chi connectivity index (χ4v) is 3.50. The number of amides is 2. The molecule has 0 aliphatic carbocycles. The van der Waals surface area contributed by atoms with Crippen LogP contribution in [0.1, 0.15) is 12.0 Å². The van der Waals surface area contributed by atoms with Gasteiger partial charge in [0.2, 0.25) is 5.91 Å². The van der Waals surface area contributed by atoms with Gasteiger partial charge in [-0.2, -0.15) is 0 Å². The zero-order chi connectivity index (χ0) is 18.2. The number of rotatable bonds is 7. The van der Waals surface area contributed by atoms with E-state index in [4.69, 9.17) is 4.74 Å². The van der Waals surface area contributed by atoms with Crippen molar-refractivity contribution in [1.82, 2.24) is 10.2 Å². The van der Waals surface area contributed by atoms with Gasteiger partial charge in [-0.1, -0.05) is 48.5 Å². The van der Waals surface area contributed by atoms with E-state index in [0.717, 1.165) is 11.3 Å². The van der Waals surface area contributed by atoms with Crippen molar-refractivity contribution < 1.29 is 14.3 Å². The largest absolute Gasteiger partial charge is 0.445 e. The lowest BCUT2D eigenvalue weighted by molar-refractivity contribution is -0.135. The van der Waals surface area contributed by atoms with Crippen molar-refractivity contribution in [2.24, 2.45) is 0 Å². The number of carbonyl (C=O) groups is 2. The minimum atomic E-state index is -0.439. The van der Waals surface area contributed by atoms with E-state index in [1.807, 2.05) is 60.7 Å². The van der Waals surface area contributed by atoms with Crippen LogP contribution in [0, 0.1) is 0 Å². The first-order chi connectivity index (χ1) is 12.7. The lowest BCUT2D eigenvalue weighted by atomic mass is 10.1. The SMILES string of the molecule is O=C(NC1CN(C(=O)CCSc2ccccc2)C1)OCc1ccccc1. The standard InChI is InChI=1S/C20H22N2O3S/c23-19(11-12-26-18-9-5-2-6-10-18)22-13-17(14-22)21-20(24)25-15-16-7-3-1-4-8-16/h1-10,17H,11-15H2,(H,21,24). The van der Waals surface area contributed by atoms with E-state index in [0.29, 0.717) is 19.5 Å². The van der Waals surface area contributed by atoms with Gasteiger partial charge in [-0.25, -0.2) is 4.79 Å². The molecule has 0 spiro atoms. The van der Waals surface area contributed by atoms with Gasteiger partial charge in [-0.15, -0.1) is 11.8 Å². The maximum Gasteiger partial charge on any atom is 0.407 e. The van der Waals surface area contributed by atoms with Crippen molar-refractivity contribution >= 4 is 23.8 Å². The summed E-state index contributed by atoms with van der Waals surface area (Å²) in [6, 6.07) is 19.6. The number of benzene rings is 2. The van der Waals surface area contributed by atoms with Crippen molar-refractivity contribution in [3.05, 3.63) is 66.2 Å². The summed E-state index contributed by atoms with van der Waals surface area (Å²) < 4.78 is 5.19. The highest BCUT2D eigenvalue weighted by atomic mass is 32.2. The summed E-state index contributed by atoms with van der Waals surface area (Å²) in [5, 5.41) is 2.79. The van der Waals surface area contributed by atoms with Crippen molar-refractivity contribution in [3.8, 4) is 0 Å². The summed E-state index contributed by atoms with van der Waals surface area (Å²) in [5.41, 5.74) is 0.948. The summed E-state index contributed by atoms with van der Waals surface area (Å²) in [7, 11) is 0. The summed E-state index contributed by atoms with van der Waals surface area (Å²) >= 11 is 1.68. The van der Waals surface area contributed by atoms with Crippen LogP contribution < -0.4 is 5.32 Å². The van der Waals surface area contributed by atoms with E-state index in [1.165, 1.54) is 4.90 Å². The molecule has 0 atom stereocenters. The highest BCUT2D eigenvalue weighted by Crippen LogP contribution is 2.19. The number of carbonyl (C=O) groups excluding carboxylic acids is 2. The lowest BCUT2D eigenvalue weighted by Crippen LogP contribution is -2.61.